The lowest BCUT2D eigenvalue weighted by atomic mass is 10.3. The van der Waals surface area contributed by atoms with Gasteiger partial charge in [0.05, 0.1) is 0 Å². The van der Waals surface area contributed by atoms with Crippen LogP contribution in [0.25, 0.3) is 11.0 Å². The molecule has 2 rings (SSSR count). The van der Waals surface area contributed by atoms with Crippen LogP contribution in [0.15, 0.2) is 18.2 Å². The smallest absolute Gasteiger partial charge is 0.132 e. The average molecular weight is 228 g/mol. The van der Waals surface area contributed by atoms with Crippen LogP contribution in [0.1, 0.15) is 6.42 Å². The first-order valence-electron chi connectivity index (χ1n) is 4.56. The zero-order valence-corrected chi connectivity index (χ0v) is 8.68. The summed E-state index contributed by atoms with van der Waals surface area (Å²) in [5.41, 5.74) is 1.45. The van der Waals surface area contributed by atoms with Crippen LogP contribution in [-0.4, -0.2) is 33.5 Å². The number of benzene rings is 1. The molecule has 0 unspecified atom stereocenters. The molecule has 0 aliphatic carbocycles. The van der Waals surface area contributed by atoms with Crippen LogP contribution in [-0.2, 0) is 0 Å². The van der Waals surface area contributed by atoms with Crippen molar-refractivity contribution in [3.63, 3.8) is 0 Å². The van der Waals surface area contributed by atoms with E-state index in [1.165, 1.54) is 4.85 Å². The SMILES string of the molecule is OCCCOn1nnc2ccc(Cl)cc21. The van der Waals surface area contributed by atoms with Crippen molar-refractivity contribution in [2.45, 2.75) is 6.42 Å². The molecule has 2 aromatic rings. The molecule has 5 nitrogen and oxygen atoms in total. The fourth-order valence-corrected chi connectivity index (χ4v) is 1.35. The van der Waals surface area contributed by atoms with Crippen molar-refractivity contribution in [1.82, 2.24) is 15.2 Å². The second kappa shape index (κ2) is 4.46. The molecule has 0 spiro atoms. The molecule has 6 heteroatoms. The highest BCUT2D eigenvalue weighted by Gasteiger charge is 2.05. The van der Waals surface area contributed by atoms with Crippen molar-refractivity contribution in [1.29, 1.82) is 0 Å². The van der Waals surface area contributed by atoms with Crippen LogP contribution in [0.4, 0.5) is 0 Å². The lowest BCUT2D eigenvalue weighted by Gasteiger charge is -2.03. The van der Waals surface area contributed by atoms with Gasteiger partial charge in [-0.1, -0.05) is 16.4 Å². The van der Waals surface area contributed by atoms with Gasteiger partial charge < -0.3 is 9.94 Å². The van der Waals surface area contributed by atoms with E-state index in [0.29, 0.717) is 18.1 Å². The van der Waals surface area contributed by atoms with E-state index in [0.717, 1.165) is 11.0 Å². The Kier molecular flexibility index (Phi) is 3.03. The normalized spacial score (nSPS) is 10.8. The molecule has 80 valence electrons. The summed E-state index contributed by atoms with van der Waals surface area (Å²) in [6.45, 7) is 0.481. The highest BCUT2D eigenvalue weighted by Crippen LogP contribution is 2.16. The Hall–Kier alpha value is -1.33. The molecule has 1 N–H and O–H groups in total. The molecule has 0 atom stereocenters. The maximum atomic E-state index is 8.61. The fraction of sp³-hybridized carbons (Fsp3) is 0.333. The largest absolute Gasteiger partial charge is 0.396 e. The van der Waals surface area contributed by atoms with Crippen molar-refractivity contribution < 1.29 is 9.94 Å². The Labute approximate surface area is 91.2 Å². The monoisotopic (exact) mass is 227 g/mol. The molecule has 15 heavy (non-hydrogen) atoms. The second-order valence-electron chi connectivity index (χ2n) is 3.01. The zero-order chi connectivity index (χ0) is 10.7. The van der Waals surface area contributed by atoms with Crippen LogP contribution < -0.4 is 4.84 Å². The van der Waals surface area contributed by atoms with E-state index in [9.17, 15) is 0 Å². The number of aliphatic hydroxyl groups excluding tert-OH is 1. The van der Waals surface area contributed by atoms with Crippen LogP contribution in [0.2, 0.25) is 5.02 Å². The number of rotatable bonds is 4. The molecule has 0 aliphatic heterocycles. The predicted octanol–water partition coefficient (Wildman–Crippen LogP) is 0.896. The van der Waals surface area contributed by atoms with Crippen molar-refractivity contribution in [3.05, 3.63) is 23.2 Å². The Morgan fingerprint density at radius 1 is 1.47 bits per heavy atom. The summed E-state index contributed by atoms with van der Waals surface area (Å²) in [7, 11) is 0. The molecule has 1 aromatic carbocycles. The molecule has 1 aromatic heterocycles. The lowest BCUT2D eigenvalue weighted by Crippen LogP contribution is -2.15. The molecule has 0 bridgehead atoms. The zero-order valence-electron chi connectivity index (χ0n) is 7.93. The Bertz CT molecular complexity index is 458. The van der Waals surface area contributed by atoms with Crippen molar-refractivity contribution in [3.8, 4) is 0 Å². The van der Waals surface area contributed by atoms with Gasteiger partial charge in [0.1, 0.15) is 17.6 Å². The van der Waals surface area contributed by atoms with Crippen molar-refractivity contribution in [2.24, 2.45) is 0 Å². The van der Waals surface area contributed by atoms with E-state index in [1.54, 1.807) is 18.2 Å². The first-order chi connectivity index (χ1) is 7.31. The van der Waals surface area contributed by atoms with Gasteiger partial charge in [0.2, 0.25) is 0 Å². The number of hydrogen-bond donors (Lipinski definition) is 1. The molecule has 0 aliphatic rings. The minimum absolute atomic E-state index is 0.0907. The number of aliphatic hydroxyl groups is 1. The summed E-state index contributed by atoms with van der Waals surface area (Å²) in [5.74, 6) is 0. The number of nitrogens with zero attached hydrogens (tertiary/aromatic N) is 3. The van der Waals surface area contributed by atoms with Crippen LogP contribution >= 0.6 is 11.6 Å². The number of hydrogen-bond acceptors (Lipinski definition) is 4. The van der Waals surface area contributed by atoms with Gasteiger partial charge in [0, 0.05) is 18.1 Å². The Balaban J connectivity index is 2.23. The first-order valence-corrected chi connectivity index (χ1v) is 4.94. The summed E-state index contributed by atoms with van der Waals surface area (Å²) in [6.07, 6.45) is 0.557. The second-order valence-corrected chi connectivity index (χ2v) is 3.44. The van der Waals surface area contributed by atoms with E-state index in [1.807, 2.05) is 0 Å². The van der Waals surface area contributed by atoms with Gasteiger partial charge in [0.25, 0.3) is 0 Å². The van der Waals surface area contributed by atoms with E-state index in [-0.39, 0.29) is 6.61 Å². The van der Waals surface area contributed by atoms with E-state index in [4.69, 9.17) is 21.5 Å². The highest BCUT2D eigenvalue weighted by atomic mass is 35.5. The van der Waals surface area contributed by atoms with Crippen LogP contribution in [0.3, 0.4) is 0 Å². The molecule has 1 heterocycles. The van der Waals surface area contributed by atoms with E-state index in [2.05, 4.69) is 10.3 Å². The summed E-state index contributed by atoms with van der Waals surface area (Å²) >= 11 is 5.84. The number of fused-ring (bicyclic) bond motifs is 1. The molecule has 0 amide bonds. The third kappa shape index (κ3) is 2.19. The van der Waals surface area contributed by atoms with Crippen LogP contribution in [0, 0.1) is 0 Å². The third-order valence-corrected chi connectivity index (χ3v) is 2.13. The minimum Gasteiger partial charge on any atom is -0.396 e. The summed E-state index contributed by atoms with van der Waals surface area (Å²) in [6, 6.07) is 5.25. The molecule has 0 saturated carbocycles. The molecule has 0 radical (unpaired) electrons. The predicted molar refractivity (Wildman–Crippen MR) is 55.7 cm³/mol. The number of aromatic nitrogens is 3. The van der Waals surface area contributed by atoms with Gasteiger partial charge in [-0.15, -0.1) is 5.10 Å². The summed E-state index contributed by atoms with van der Waals surface area (Å²) in [5, 5.41) is 16.9. The van der Waals surface area contributed by atoms with Gasteiger partial charge in [-0.3, -0.25) is 0 Å². The van der Waals surface area contributed by atoms with Crippen LogP contribution in [0.5, 0.6) is 0 Å². The van der Waals surface area contributed by atoms with Gasteiger partial charge in [0.15, 0.2) is 0 Å². The first kappa shape index (κ1) is 10.2. The summed E-state index contributed by atoms with van der Waals surface area (Å²) < 4.78 is 0. The van der Waals surface area contributed by atoms with Gasteiger partial charge >= 0.3 is 0 Å². The van der Waals surface area contributed by atoms with Gasteiger partial charge in [-0.05, 0) is 23.4 Å². The third-order valence-electron chi connectivity index (χ3n) is 1.89. The maximum absolute atomic E-state index is 8.61. The quantitative estimate of drug-likeness (QED) is 0.789. The molecule has 0 fully saturated rings. The Morgan fingerprint density at radius 3 is 3.13 bits per heavy atom. The molecule has 0 saturated heterocycles. The standard InChI is InChI=1S/C9H10ClN3O2/c10-7-2-3-8-9(6-7)13(12-11-8)15-5-1-4-14/h2-3,6,14H,1,4-5H2. The lowest BCUT2D eigenvalue weighted by molar-refractivity contribution is 0.0759. The summed E-state index contributed by atoms with van der Waals surface area (Å²) in [4.78, 5) is 6.60. The fourth-order valence-electron chi connectivity index (χ4n) is 1.18. The van der Waals surface area contributed by atoms with Gasteiger partial charge in [-0.25, -0.2) is 0 Å². The minimum atomic E-state index is 0.0907. The number of halogens is 1. The van der Waals surface area contributed by atoms with Gasteiger partial charge in [-0.2, -0.15) is 0 Å². The topological polar surface area (TPSA) is 60.2 Å². The average Bonchev–Trinajstić information content (AvgIpc) is 2.62. The van der Waals surface area contributed by atoms with E-state index >= 15 is 0 Å². The molecular formula is C9H10ClN3O2. The van der Waals surface area contributed by atoms with Crippen molar-refractivity contribution in [2.75, 3.05) is 13.2 Å². The Morgan fingerprint density at radius 2 is 2.33 bits per heavy atom. The maximum Gasteiger partial charge on any atom is 0.132 e. The highest BCUT2D eigenvalue weighted by molar-refractivity contribution is 6.31. The molecular weight excluding hydrogens is 218 g/mol. The van der Waals surface area contributed by atoms with E-state index < -0.39 is 0 Å². The van der Waals surface area contributed by atoms with Crippen molar-refractivity contribution >= 4 is 22.6 Å².